The van der Waals surface area contributed by atoms with Crippen molar-refractivity contribution in [3.8, 4) is 0 Å². The second-order valence-corrected chi connectivity index (χ2v) is 3.04. The van der Waals surface area contributed by atoms with E-state index in [1.54, 1.807) is 0 Å². The Balaban J connectivity index is 2.68. The fourth-order valence-corrected chi connectivity index (χ4v) is 1.31. The van der Waals surface area contributed by atoms with E-state index in [4.69, 9.17) is 5.84 Å². The van der Waals surface area contributed by atoms with E-state index in [1.807, 2.05) is 25.1 Å². The van der Waals surface area contributed by atoms with E-state index in [1.165, 1.54) is 5.56 Å². The molecule has 0 aliphatic heterocycles. The lowest BCUT2D eigenvalue weighted by molar-refractivity contribution is 1.26. The van der Waals surface area contributed by atoms with Gasteiger partial charge < -0.3 is 5.43 Å². The molecule has 3 heteroatoms. The molecular weight excluding hydrogens is 162 g/mol. The number of anilines is 1. The first-order valence-electron chi connectivity index (χ1n) is 4.13. The zero-order valence-electron chi connectivity index (χ0n) is 7.41. The van der Waals surface area contributed by atoms with Crippen molar-refractivity contribution in [2.45, 2.75) is 6.92 Å². The SMILES string of the molecule is Cc1ccc2ccc(NN)nc2c1. The Morgan fingerprint density at radius 2 is 2.00 bits per heavy atom. The largest absolute Gasteiger partial charge is 0.308 e. The molecular formula is C10H11N3. The smallest absolute Gasteiger partial charge is 0.140 e. The van der Waals surface area contributed by atoms with Crippen molar-refractivity contribution in [3.63, 3.8) is 0 Å². The molecule has 0 fully saturated rings. The van der Waals surface area contributed by atoms with E-state index in [0.29, 0.717) is 5.82 Å². The summed E-state index contributed by atoms with van der Waals surface area (Å²) in [6.07, 6.45) is 0. The molecule has 0 aliphatic rings. The van der Waals surface area contributed by atoms with Gasteiger partial charge in [-0.3, -0.25) is 0 Å². The normalized spacial score (nSPS) is 10.3. The van der Waals surface area contributed by atoms with E-state index >= 15 is 0 Å². The Bertz CT molecular complexity index is 437. The molecule has 3 N–H and O–H groups in total. The number of nitrogens with two attached hydrogens (primary N) is 1. The van der Waals surface area contributed by atoms with Gasteiger partial charge in [-0.15, -0.1) is 0 Å². The molecule has 2 aromatic rings. The molecule has 0 amide bonds. The standard InChI is InChI=1S/C10H11N3/c1-7-2-3-8-4-5-10(13-11)12-9(8)6-7/h2-6H,11H2,1H3,(H,12,13). The number of pyridine rings is 1. The predicted molar refractivity (Wildman–Crippen MR) is 54.3 cm³/mol. The van der Waals surface area contributed by atoms with Gasteiger partial charge in [0.2, 0.25) is 0 Å². The van der Waals surface area contributed by atoms with Crippen molar-refractivity contribution in [3.05, 3.63) is 35.9 Å². The van der Waals surface area contributed by atoms with Crippen LogP contribution in [0, 0.1) is 6.92 Å². The van der Waals surface area contributed by atoms with Crippen LogP contribution < -0.4 is 11.3 Å². The minimum absolute atomic E-state index is 0.693. The van der Waals surface area contributed by atoms with Crippen LogP contribution in [0.3, 0.4) is 0 Å². The van der Waals surface area contributed by atoms with Crippen molar-refractivity contribution < 1.29 is 0 Å². The zero-order chi connectivity index (χ0) is 9.26. The molecule has 1 aromatic heterocycles. The number of nitrogens with one attached hydrogen (secondary N) is 1. The molecule has 2 rings (SSSR count). The Hall–Kier alpha value is -1.61. The van der Waals surface area contributed by atoms with E-state index in [2.05, 4.69) is 22.5 Å². The summed E-state index contributed by atoms with van der Waals surface area (Å²) in [5.74, 6) is 5.96. The maximum absolute atomic E-state index is 5.27. The van der Waals surface area contributed by atoms with Gasteiger partial charge in [-0.1, -0.05) is 12.1 Å². The van der Waals surface area contributed by atoms with Crippen LogP contribution in [0.5, 0.6) is 0 Å². The van der Waals surface area contributed by atoms with Gasteiger partial charge in [0, 0.05) is 5.39 Å². The first kappa shape index (κ1) is 8.01. The predicted octanol–water partition coefficient (Wildman–Crippen LogP) is 1.83. The molecule has 0 bridgehead atoms. The number of benzene rings is 1. The average Bonchev–Trinajstić information content (AvgIpc) is 2.16. The molecule has 0 saturated heterocycles. The Morgan fingerprint density at radius 3 is 2.77 bits per heavy atom. The molecule has 0 spiro atoms. The topological polar surface area (TPSA) is 50.9 Å². The molecule has 0 aliphatic carbocycles. The highest BCUT2D eigenvalue weighted by Gasteiger charge is 1.96. The van der Waals surface area contributed by atoms with Crippen LogP contribution in [0.25, 0.3) is 10.9 Å². The third-order valence-electron chi connectivity index (χ3n) is 2.00. The molecule has 0 saturated carbocycles. The van der Waals surface area contributed by atoms with Crippen LogP contribution in [-0.4, -0.2) is 4.98 Å². The lowest BCUT2D eigenvalue weighted by atomic mass is 10.1. The number of aryl methyl sites for hydroxylation is 1. The second-order valence-electron chi connectivity index (χ2n) is 3.04. The molecule has 66 valence electrons. The molecule has 0 radical (unpaired) electrons. The van der Waals surface area contributed by atoms with Gasteiger partial charge in [0.15, 0.2) is 0 Å². The maximum atomic E-state index is 5.27. The van der Waals surface area contributed by atoms with Crippen molar-refractivity contribution >= 4 is 16.7 Å². The summed E-state index contributed by atoms with van der Waals surface area (Å²) >= 11 is 0. The fraction of sp³-hybridized carbons (Fsp3) is 0.100. The van der Waals surface area contributed by atoms with Gasteiger partial charge in [0.25, 0.3) is 0 Å². The Morgan fingerprint density at radius 1 is 1.23 bits per heavy atom. The van der Waals surface area contributed by atoms with Gasteiger partial charge in [0.1, 0.15) is 5.82 Å². The monoisotopic (exact) mass is 173 g/mol. The minimum Gasteiger partial charge on any atom is -0.308 e. The molecule has 1 heterocycles. The summed E-state index contributed by atoms with van der Waals surface area (Å²) in [5, 5.41) is 1.13. The lowest BCUT2D eigenvalue weighted by Gasteiger charge is -2.01. The quantitative estimate of drug-likeness (QED) is 0.511. The van der Waals surface area contributed by atoms with Gasteiger partial charge in [-0.2, -0.15) is 0 Å². The number of hydrogen-bond acceptors (Lipinski definition) is 3. The maximum Gasteiger partial charge on any atom is 0.140 e. The molecule has 13 heavy (non-hydrogen) atoms. The molecule has 0 atom stereocenters. The first-order chi connectivity index (χ1) is 6.29. The highest BCUT2D eigenvalue weighted by atomic mass is 15.2. The van der Waals surface area contributed by atoms with E-state index in [0.717, 1.165) is 10.9 Å². The number of rotatable bonds is 1. The summed E-state index contributed by atoms with van der Waals surface area (Å²) in [7, 11) is 0. The highest BCUT2D eigenvalue weighted by molar-refractivity contribution is 5.80. The van der Waals surface area contributed by atoms with Crippen molar-refractivity contribution in [2.24, 2.45) is 5.84 Å². The summed E-state index contributed by atoms with van der Waals surface area (Å²) in [4.78, 5) is 4.32. The summed E-state index contributed by atoms with van der Waals surface area (Å²) in [5.41, 5.74) is 4.70. The van der Waals surface area contributed by atoms with Crippen LogP contribution in [0.1, 0.15) is 5.56 Å². The third kappa shape index (κ3) is 1.46. The summed E-state index contributed by atoms with van der Waals surface area (Å²) in [6, 6.07) is 10.0. The third-order valence-corrected chi connectivity index (χ3v) is 2.00. The Kier molecular flexibility index (Phi) is 1.87. The number of nitrogens with zero attached hydrogens (tertiary/aromatic N) is 1. The second kappa shape index (κ2) is 3.03. The van der Waals surface area contributed by atoms with Crippen LogP contribution in [0.15, 0.2) is 30.3 Å². The van der Waals surface area contributed by atoms with Gasteiger partial charge >= 0.3 is 0 Å². The first-order valence-corrected chi connectivity index (χ1v) is 4.13. The Labute approximate surface area is 76.6 Å². The van der Waals surface area contributed by atoms with Crippen LogP contribution >= 0.6 is 0 Å². The lowest BCUT2D eigenvalue weighted by Crippen LogP contribution is -2.08. The molecule has 3 nitrogen and oxygen atoms in total. The zero-order valence-corrected chi connectivity index (χ0v) is 7.41. The highest BCUT2D eigenvalue weighted by Crippen LogP contribution is 2.15. The van der Waals surface area contributed by atoms with Crippen molar-refractivity contribution in [2.75, 3.05) is 5.43 Å². The van der Waals surface area contributed by atoms with E-state index in [9.17, 15) is 0 Å². The number of fused-ring (bicyclic) bond motifs is 1. The van der Waals surface area contributed by atoms with Crippen molar-refractivity contribution in [1.82, 2.24) is 4.98 Å². The number of hydrazine groups is 1. The van der Waals surface area contributed by atoms with Gasteiger partial charge in [-0.05, 0) is 30.7 Å². The van der Waals surface area contributed by atoms with E-state index in [-0.39, 0.29) is 0 Å². The average molecular weight is 173 g/mol. The summed E-state index contributed by atoms with van der Waals surface area (Å²) < 4.78 is 0. The fourth-order valence-electron chi connectivity index (χ4n) is 1.31. The summed E-state index contributed by atoms with van der Waals surface area (Å²) in [6.45, 7) is 2.05. The minimum atomic E-state index is 0.693. The van der Waals surface area contributed by atoms with Crippen LogP contribution in [-0.2, 0) is 0 Å². The molecule has 1 aromatic carbocycles. The van der Waals surface area contributed by atoms with Gasteiger partial charge in [-0.25, -0.2) is 10.8 Å². The number of aromatic nitrogens is 1. The van der Waals surface area contributed by atoms with E-state index < -0.39 is 0 Å². The van der Waals surface area contributed by atoms with Gasteiger partial charge in [0.05, 0.1) is 5.52 Å². The molecule has 0 unspecified atom stereocenters. The van der Waals surface area contributed by atoms with Crippen molar-refractivity contribution in [1.29, 1.82) is 0 Å². The number of nitrogen functional groups attached to an aromatic ring is 1. The van der Waals surface area contributed by atoms with Crippen LogP contribution in [0.4, 0.5) is 5.82 Å². The number of hydrogen-bond donors (Lipinski definition) is 2. The van der Waals surface area contributed by atoms with Crippen LogP contribution in [0.2, 0.25) is 0 Å².